The largest absolute Gasteiger partial charge is 0.488 e. The number of anilines is 1. The standard InChI is InChI=1S/C25H26N4O5/c1-16-2-5-18-12-22(16)33-15-23(30)27-13-17-3-6-19(7-4-17)34-21-8-10-29(25-26-9-11-32-25)14-20(21)28-24(18)31/h2-7,9,11-12,20-21H,8,10,13-15H2,1H3,(H,27,30)(H,28,31)/t20-,21-/m0/s1. The number of ether oxygens (including phenoxy) is 2. The smallest absolute Gasteiger partial charge is 0.297 e. The maximum atomic E-state index is 13.2. The molecular formula is C25H26N4O5. The number of fused-ring (bicyclic) bond motifs is 7. The van der Waals surface area contributed by atoms with Gasteiger partial charge in [0.1, 0.15) is 23.9 Å². The molecule has 6 rings (SSSR count). The number of benzene rings is 2. The van der Waals surface area contributed by atoms with E-state index in [2.05, 4.69) is 15.6 Å². The zero-order chi connectivity index (χ0) is 23.5. The highest BCUT2D eigenvalue weighted by Crippen LogP contribution is 2.25. The van der Waals surface area contributed by atoms with Crippen molar-refractivity contribution >= 4 is 17.8 Å². The van der Waals surface area contributed by atoms with Gasteiger partial charge in [0.15, 0.2) is 6.61 Å². The normalized spacial score (nSPS) is 20.9. The molecule has 3 aliphatic heterocycles. The van der Waals surface area contributed by atoms with Crippen LogP contribution in [0.4, 0.5) is 6.01 Å². The fourth-order valence-electron chi connectivity index (χ4n) is 4.16. The maximum Gasteiger partial charge on any atom is 0.297 e. The lowest BCUT2D eigenvalue weighted by Gasteiger charge is -2.38. The molecule has 1 aromatic heterocycles. The summed E-state index contributed by atoms with van der Waals surface area (Å²) in [5, 5.41) is 5.97. The molecule has 0 aliphatic carbocycles. The van der Waals surface area contributed by atoms with E-state index in [4.69, 9.17) is 13.9 Å². The first-order valence-electron chi connectivity index (χ1n) is 11.3. The van der Waals surface area contributed by atoms with Crippen molar-refractivity contribution in [1.82, 2.24) is 15.6 Å². The summed E-state index contributed by atoms with van der Waals surface area (Å²) in [5.74, 6) is 0.710. The van der Waals surface area contributed by atoms with Crippen molar-refractivity contribution in [3.8, 4) is 11.5 Å². The Morgan fingerprint density at radius 1 is 1.12 bits per heavy atom. The van der Waals surface area contributed by atoms with Crippen LogP contribution >= 0.6 is 0 Å². The Hall–Kier alpha value is -4.01. The van der Waals surface area contributed by atoms with E-state index in [0.717, 1.165) is 11.1 Å². The summed E-state index contributed by atoms with van der Waals surface area (Å²) in [4.78, 5) is 31.7. The second-order valence-electron chi connectivity index (χ2n) is 8.48. The van der Waals surface area contributed by atoms with Crippen LogP contribution in [0.5, 0.6) is 11.5 Å². The summed E-state index contributed by atoms with van der Waals surface area (Å²) < 4.78 is 17.5. The van der Waals surface area contributed by atoms with Gasteiger partial charge in [-0.15, -0.1) is 0 Å². The fraction of sp³-hybridized carbons (Fsp3) is 0.320. The predicted molar refractivity (Wildman–Crippen MR) is 124 cm³/mol. The Morgan fingerprint density at radius 3 is 2.76 bits per heavy atom. The maximum absolute atomic E-state index is 13.2. The topological polar surface area (TPSA) is 106 Å². The summed E-state index contributed by atoms with van der Waals surface area (Å²) in [5.41, 5.74) is 2.24. The fourth-order valence-corrected chi connectivity index (χ4v) is 4.16. The van der Waals surface area contributed by atoms with Crippen molar-refractivity contribution < 1.29 is 23.5 Å². The number of hydrogen-bond donors (Lipinski definition) is 2. The number of rotatable bonds is 1. The van der Waals surface area contributed by atoms with Crippen molar-refractivity contribution in [2.45, 2.75) is 32.0 Å². The Labute approximate surface area is 197 Å². The number of nitrogens with zero attached hydrogens (tertiary/aromatic N) is 2. The van der Waals surface area contributed by atoms with Gasteiger partial charge in [0.25, 0.3) is 17.8 Å². The molecule has 3 aromatic rings. The van der Waals surface area contributed by atoms with Crippen molar-refractivity contribution in [2.75, 3.05) is 24.6 Å². The van der Waals surface area contributed by atoms with Gasteiger partial charge in [0.2, 0.25) is 0 Å². The molecule has 2 aromatic carbocycles. The van der Waals surface area contributed by atoms with Crippen LogP contribution in [0.2, 0.25) is 0 Å². The molecule has 9 nitrogen and oxygen atoms in total. The van der Waals surface area contributed by atoms with E-state index < -0.39 is 0 Å². The van der Waals surface area contributed by atoms with E-state index >= 15 is 0 Å². The molecule has 2 N–H and O–H groups in total. The number of amides is 2. The molecule has 176 valence electrons. The van der Waals surface area contributed by atoms with Crippen LogP contribution in [0.1, 0.15) is 27.9 Å². The van der Waals surface area contributed by atoms with Gasteiger partial charge >= 0.3 is 0 Å². The molecule has 34 heavy (non-hydrogen) atoms. The quantitative estimate of drug-likeness (QED) is 0.572. The van der Waals surface area contributed by atoms with Crippen LogP contribution in [-0.4, -0.2) is 48.6 Å². The van der Waals surface area contributed by atoms with Crippen LogP contribution in [0.15, 0.2) is 59.3 Å². The number of carbonyl (C=O) groups is 2. The minimum absolute atomic E-state index is 0.136. The molecule has 0 unspecified atom stereocenters. The van der Waals surface area contributed by atoms with Gasteiger partial charge in [-0.1, -0.05) is 18.2 Å². The third kappa shape index (κ3) is 4.83. The lowest BCUT2D eigenvalue weighted by atomic mass is 10.0. The number of hydrogen-bond acceptors (Lipinski definition) is 7. The average Bonchev–Trinajstić information content (AvgIpc) is 3.38. The molecule has 2 atom stereocenters. The summed E-state index contributed by atoms with van der Waals surface area (Å²) >= 11 is 0. The second kappa shape index (κ2) is 9.46. The first kappa shape index (κ1) is 21.8. The molecule has 2 amide bonds. The van der Waals surface area contributed by atoms with Crippen molar-refractivity contribution in [3.63, 3.8) is 0 Å². The second-order valence-corrected chi connectivity index (χ2v) is 8.48. The van der Waals surface area contributed by atoms with Crippen molar-refractivity contribution in [3.05, 3.63) is 71.6 Å². The molecule has 0 saturated carbocycles. The van der Waals surface area contributed by atoms with E-state index in [1.165, 1.54) is 6.26 Å². The Balaban J connectivity index is 1.45. The summed E-state index contributed by atoms with van der Waals surface area (Å²) in [6, 6.07) is 13.0. The summed E-state index contributed by atoms with van der Waals surface area (Å²) in [7, 11) is 0. The summed E-state index contributed by atoms with van der Waals surface area (Å²) in [6.45, 7) is 3.30. The monoisotopic (exact) mass is 462 g/mol. The first-order valence-corrected chi connectivity index (χ1v) is 11.3. The van der Waals surface area contributed by atoms with Gasteiger partial charge < -0.3 is 29.4 Å². The van der Waals surface area contributed by atoms with Crippen LogP contribution in [0.3, 0.4) is 0 Å². The SMILES string of the molecule is Cc1ccc2cc1OCC(=O)NCc1ccc(cc1)O[C@H]1CCN(c3ncco3)C[C@@H]1NC2=O. The van der Waals surface area contributed by atoms with E-state index in [-0.39, 0.29) is 30.6 Å². The van der Waals surface area contributed by atoms with Gasteiger partial charge in [0, 0.05) is 31.6 Å². The predicted octanol–water partition coefficient (Wildman–Crippen LogP) is 2.45. The molecule has 3 aliphatic rings. The van der Waals surface area contributed by atoms with Crippen molar-refractivity contribution in [2.24, 2.45) is 0 Å². The van der Waals surface area contributed by atoms with Crippen LogP contribution < -0.4 is 25.0 Å². The zero-order valence-electron chi connectivity index (χ0n) is 18.8. The van der Waals surface area contributed by atoms with Crippen molar-refractivity contribution in [1.29, 1.82) is 0 Å². The molecule has 9 heteroatoms. The van der Waals surface area contributed by atoms with Crippen LogP contribution in [0, 0.1) is 6.92 Å². The van der Waals surface area contributed by atoms with Crippen LogP contribution in [-0.2, 0) is 11.3 Å². The van der Waals surface area contributed by atoms with Gasteiger partial charge in [-0.2, -0.15) is 0 Å². The number of piperidine rings is 1. The first-order chi connectivity index (χ1) is 16.5. The Morgan fingerprint density at radius 2 is 1.97 bits per heavy atom. The highest BCUT2D eigenvalue weighted by atomic mass is 16.5. The van der Waals surface area contributed by atoms with E-state index in [0.29, 0.717) is 49.1 Å². The highest BCUT2D eigenvalue weighted by molar-refractivity contribution is 5.95. The van der Waals surface area contributed by atoms with Gasteiger partial charge in [-0.3, -0.25) is 9.59 Å². The number of oxazole rings is 1. The molecule has 1 fully saturated rings. The minimum Gasteiger partial charge on any atom is -0.488 e. The summed E-state index contributed by atoms with van der Waals surface area (Å²) in [6.07, 6.45) is 3.57. The van der Waals surface area contributed by atoms with E-state index in [9.17, 15) is 9.59 Å². The van der Waals surface area contributed by atoms with Crippen LogP contribution in [0.25, 0.3) is 0 Å². The molecule has 1 saturated heterocycles. The lowest BCUT2D eigenvalue weighted by Crippen LogP contribution is -2.57. The molecule has 0 spiro atoms. The molecular weight excluding hydrogens is 436 g/mol. The Kier molecular flexibility index (Phi) is 6.07. The third-order valence-electron chi connectivity index (χ3n) is 6.07. The number of nitrogens with one attached hydrogen (secondary N) is 2. The van der Waals surface area contributed by atoms with Gasteiger partial charge in [-0.25, -0.2) is 4.98 Å². The highest BCUT2D eigenvalue weighted by Gasteiger charge is 2.34. The molecule has 0 radical (unpaired) electrons. The number of carbonyl (C=O) groups excluding carboxylic acids is 2. The molecule has 4 bridgehead atoms. The Bertz CT molecular complexity index is 1160. The lowest BCUT2D eigenvalue weighted by molar-refractivity contribution is -0.123. The minimum atomic E-state index is -0.308. The third-order valence-corrected chi connectivity index (χ3v) is 6.07. The van der Waals surface area contributed by atoms with E-state index in [1.807, 2.05) is 42.2 Å². The zero-order valence-corrected chi connectivity index (χ0v) is 18.8. The number of aromatic nitrogens is 1. The number of aryl methyl sites for hydroxylation is 1. The average molecular weight is 463 g/mol. The van der Waals surface area contributed by atoms with Gasteiger partial charge in [-0.05, 0) is 42.3 Å². The van der Waals surface area contributed by atoms with E-state index in [1.54, 1.807) is 18.3 Å². The molecule has 4 heterocycles. The van der Waals surface area contributed by atoms with Gasteiger partial charge in [0.05, 0.1) is 12.2 Å².